The first kappa shape index (κ1) is 18.3. The van der Waals surface area contributed by atoms with Crippen LogP contribution < -0.4 is 0 Å². The van der Waals surface area contributed by atoms with Gasteiger partial charge in [-0.25, -0.2) is 0 Å². The van der Waals surface area contributed by atoms with E-state index < -0.39 is 4.92 Å². The van der Waals surface area contributed by atoms with E-state index in [1.54, 1.807) is 18.3 Å². The van der Waals surface area contributed by atoms with Gasteiger partial charge in [-0.2, -0.15) is 0 Å². The predicted molar refractivity (Wildman–Crippen MR) is 106 cm³/mol. The molecule has 1 aromatic carbocycles. The molecule has 1 saturated carbocycles. The first-order valence-electron chi connectivity index (χ1n) is 9.72. The average Bonchev–Trinajstić information content (AvgIpc) is 3.34. The van der Waals surface area contributed by atoms with Gasteiger partial charge < -0.3 is 4.90 Å². The summed E-state index contributed by atoms with van der Waals surface area (Å²) in [7, 11) is 0. The van der Waals surface area contributed by atoms with Crippen LogP contribution in [0.15, 0.2) is 60.8 Å². The lowest BCUT2D eigenvalue weighted by Crippen LogP contribution is -2.38. The minimum absolute atomic E-state index is 0.0571. The maximum atomic E-state index is 13.2. The fraction of sp³-hybridized carbons (Fsp3) is 0.364. The number of amides is 1. The third kappa shape index (κ3) is 3.96. The number of rotatable bonds is 7. The minimum atomic E-state index is -0.463. The van der Waals surface area contributed by atoms with Crippen molar-refractivity contribution in [2.45, 2.75) is 19.3 Å². The van der Waals surface area contributed by atoms with Crippen LogP contribution in [0.4, 0.5) is 5.69 Å². The number of nitrogens with zero attached hydrogens (tertiary/aromatic N) is 3. The minimum Gasteiger partial charge on any atom is -0.338 e. The Balaban J connectivity index is 1.52. The molecule has 0 radical (unpaired) electrons. The van der Waals surface area contributed by atoms with Crippen LogP contribution in [0.25, 0.3) is 0 Å². The molecule has 1 fully saturated rings. The summed E-state index contributed by atoms with van der Waals surface area (Å²) < 4.78 is 0. The standard InChI is InChI=1S/C22H23N3O3/c26-22(18-4-3-6-21(14-18)25(27)28)24(11-9-20-5-1-2-10-23-20)15-19-13-16-7-8-17(19)12-16/h1-8,10,14,16-17,19H,9,11-13,15H2. The number of nitro groups is 1. The summed E-state index contributed by atoms with van der Waals surface area (Å²) >= 11 is 0. The summed E-state index contributed by atoms with van der Waals surface area (Å²) in [6, 6.07) is 11.8. The molecule has 4 rings (SSSR count). The molecule has 0 spiro atoms. The highest BCUT2D eigenvalue weighted by Crippen LogP contribution is 2.43. The van der Waals surface area contributed by atoms with Crippen LogP contribution in [0.5, 0.6) is 0 Å². The predicted octanol–water partition coefficient (Wildman–Crippen LogP) is 3.89. The van der Waals surface area contributed by atoms with E-state index in [-0.39, 0.29) is 11.6 Å². The maximum Gasteiger partial charge on any atom is 0.270 e. The second-order valence-electron chi connectivity index (χ2n) is 7.67. The molecule has 1 aromatic heterocycles. The van der Waals surface area contributed by atoms with E-state index in [1.807, 2.05) is 23.1 Å². The van der Waals surface area contributed by atoms with E-state index in [2.05, 4.69) is 17.1 Å². The number of hydrogen-bond donors (Lipinski definition) is 0. The smallest absolute Gasteiger partial charge is 0.270 e. The number of allylic oxidation sites excluding steroid dienone is 2. The number of fused-ring (bicyclic) bond motifs is 2. The molecule has 2 aliphatic rings. The molecule has 6 heteroatoms. The Morgan fingerprint density at radius 1 is 1.18 bits per heavy atom. The molecule has 0 aliphatic heterocycles. The molecule has 6 nitrogen and oxygen atoms in total. The van der Waals surface area contributed by atoms with Crippen LogP contribution in [0.2, 0.25) is 0 Å². The lowest BCUT2D eigenvalue weighted by molar-refractivity contribution is -0.384. The van der Waals surface area contributed by atoms with Crippen molar-refractivity contribution in [3.8, 4) is 0 Å². The van der Waals surface area contributed by atoms with Gasteiger partial charge >= 0.3 is 0 Å². The summed E-state index contributed by atoms with van der Waals surface area (Å²) in [6.45, 7) is 1.23. The number of pyridine rings is 1. The highest BCUT2D eigenvalue weighted by atomic mass is 16.6. The van der Waals surface area contributed by atoms with Gasteiger partial charge in [-0.3, -0.25) is 19.9 Å². The molecule has 3 unspecified atom stereocenters. The molecular weight excluding hydrogens is 354 g/mol. The SMILES string of the molecule is O=C(c1cccc([N+](=O)[O-])c1)N(CCc1ccccn1)CC1CC2C=CC1C2. The van der Waals surface area contributed by atoms with Gasteiger partial charge in [0.25, 0.3) is 11.6 Å². The first-order chi connectivity index (χ1) is 13.6. The van der Waals surface area contributed by atoms with E-state index in [1.165, 1.54) is 18.6 Å². The van der Waals surface area contributed by atoms with Crippen LogP contribution in [0.1, 0.15) is 28.9 Å². The molecule has 3 atom stereocenters. The van der Waals surface area contributed by atoms with Crippen LogP contribution in [-0.2, 0) is 6.42 Å². The summed E-state index contributed by atoms with van der Waals surface area (Å²) in [5, 5.41) is 11.1. The highest BCUT2D eigenvalue weighted by molar-refractivity contribution is 5.94. The van der Waals surface area contributed by atoms with E-state index in [4.69, 9.17) is 0 Å². The van der Waals surface area contributed by atoms with Crippen LogP contribution >= 0.6 is 0 Å². The van der Waals surface area contributed by atoms with Gasteiger partial charge in [0.1, 0.15) is 0 Å². The fourth-order valence-electron chi connectivity index (χ4n) is 4.39. The fourth-order valence-corrected chi connectivity index (χ4v) is 4.39. The third-order valence-corrected chi connectivity index (χ3v) is 5.83. The number of aromatic nitrogens is 1. The molecule has 1 heterocycles. The second kappa shape index (κ2) is 7.92. The highest BCUT2D eigenvalue weighted by Gasteiger charge is 2.37. The number of benzene rings is 1. The number of nitro benzene ring substituents is 1. The van der Waals surface area contributed by atoms with Gasteiger partial charge in [0.2, 0.25) is 0 Å². The van der Waals surface area contributed by atoms with Gasteiger partial charge in [-0.1, -0.05) is 24.3 Å². The third-order valence-electron chi connectivity index (χ3n) is 5.83. The van der Waals surface area contributed by atoms with E-state index >= 15 is 0 Å². The van der Waals surface area contributed by atoms with Crippen molar-refractivity contribution in [3.05, 3.63) is 82.2 Å². The van der Waals surface area contributed by atoms with Gasteiger partial charge in [-0.05, 0) is 48.8 Å². The number of hydrogen-bond acceptors (Lipinski definition) is 4. The monoisotopic (exact) mass is 377 g/mol. The van der Waals surface area contributed by atoms with Crippen LogP contribution in [0, 0.1) is 27.9 Å². The van der Waals surface area contributed by atoms with Crippen LogP contribution in [-0.4, -0.2) is 33.8 Å². The largest absolute Gasteiger partial charge is 0.338 e. The molecule has 2 aliphatic carbocycles. The van der Waals surface area contributed by atoms with Crippen molar-refractivity contribution in [2.24, 2.45) is 17.8 Å². The Hall–Kier alpha value is -3.02. The molecule has 2 bridgehead atoms. The second-order valence-corrected chi connectivity index (χ2v) is 7.67. The van der Waals surface area contributed by atoms with E-state index in [0.717, 1.165) is 12.1 Å². The molecule has 1 amide bonds. The average molecular weight is 377 g/mol. The lowest BCUT2D eigenvalue weighted by Gasteiger charge is -2.29. The normalized spacial score (nSPS) is 22.4. The number of carbonyl (C=O) groups excluding carboxylic acids is 1. The van der Waals surface area contributed by atoms with Crippen molar-refractivity contribution in [3.63, 3.8) is 0 Å². The van der Waals surface area contributed by atoms with Gasteiger partial charge in [0.15, 0.2) is 0 Å². The van der Waals surface area contributed by atoms with Crippen LogP contribution in [0.3, 0.4) is 0 Å². The Morgan fingerprint density at radius 2 is 2.07 bits per heavy atom. The van der Waals surface area contributed by atoms with Crippen molar-refractivity contribution < 1.29 is 9.72 Å². The Labute approximate surface area is 164 Å². The Kier molecular flexibility index (Phi) is 5.19. The molecule has 28 heavy (non-hydrogen) atoms. The van der Waals surface area contributed by atoms with Crippen molar-refractivity contribution in [1.29, 1.82) is 0 Å². The molecule has 2 aromatic rings. The topological polar surface area (TPSA) is 76.3 Å². The summed E-state index contributed by atoms with van der Waals surface area (Å²) in [5.41, 5.74) is 1.25. The van der Waals surface area contributed by atoms with E-state index in [0.29, 0.717) is 42.8 Å². The Morgan fingerprint density at radius 3 is 2.75 bits per heavy atom. The summed E-state index contributed by atoms with van der Waals surface area (Å²) in [4.78, 5) is 30.0. The zero-order valence-corrected chi connectivity index (χ0v) is 15.6. The molecule has 0 saturated heterocycles. The van der Waals surface area contributed by atoms with Gasteiger partial charge in [0, 0.05) is 49.1 Å². The first-order valence-corrected chi connectivity index (χ1v) is 9.72. The summed E-state index contributed by atoms with van der Waals surface area (Å²) in [5.74, 6) is 1.49. The zero-order valence-electron chi connectivity index (χ0n) is 15.6. The van der Waals surface area contributed by atoms with Crippen molar-refractivity contribution in [2.75, 3.05) is 13.1 Å². The molecule has 0 N–H and O–H groups in total. The van der Waals surface area contributed by atoms with Crippen molar-refractivity contribution in [1.82, 2.24) is 9.88 Å². The van der Waals surface area contributed by atoms with E-state index in [9.17, 15) is 14.9 Å². The zero-order chi connectivity index (χ0) is 19.5. The number of non-ortho nitro benzene ring substituents is 1. The quantitative estimate of drug-likeness (QED) is 0.417. The maximum absolute atomic E-state index is 13.2. The summed E-state index contributed by atoms with van der Waals surface area (Å²) in [6.07, 6.45) is 9.30. The molecular formula is C22H23N3O3. The molecule has 144 valence electrons. The number of carbonyl (C=O) groups is 1. The van der Waals surface area contributed by atoms with Gasteiger partial charge in [0.05, 0.1) is 4.92 Å². The Bertz CT molecular complexity index is 897. The van der Waals surface area contributed by atoms with Gasteiger partial charge in [-0.15, -0.1) is 0 Å². The van der Waals surface area contributed by atoms with Crippen molar-refractivity contribution >= 4 is 11.6 Å². The lowest BCUT2D eigenvalue weighted by atomic mass is 9.92.